The molecule has 1 amide bonds. The van der Waals surface area contributed by atoms with Crippen molar-refractivity contribution in [1.82, 2.24) is 0 Å². The van der Waals surface area contributed by atoms with E-state index in [1.165, 1.54) is 0 Å². The lowest BCUT2D eigenvalue weighted by Gasteiger charge is -2.17. The van der Waals surface area contributed by atoms with Gasteiger partial charge in [-0.3, -0.25) is 9.69 Å². The number of hydrogen-bond acceptors (Lipinski definition) is 3. The number of nitrogens with zero attached hydrogens (tertiary/aromatic N) is 1. The molecule has 1 aliphatic rings. The van der Waals surface area contributed by atoms with Crippen molar-refractivity contribution in [2.45, 2.75) is 0 Å². The zero-order valence-corrected chi connectivity index (χ0v) is 13.5. The van der Waals surface area contributed by atoms with E-state index in [1.54, 1.807) is 28.4 Å². The van der Waals surface area contributed by atoms with E-state index in [9.17, 15) is 4.79 Å². The van der Waals surface area contributed by atoms with Crippen LogP contribution in [-0.4, -0.2) is 18.4 Å². The molecule has 0 atom stereocenters. The predicted octanol–water partition coefficient (Wildman–Crippen LogP) is 4.76. The number of anilines is 2. The summed E-state index contributed by atoms with van der Waals surface area (Å²) < 4.78 is 1.06. The highest BCUT2D eigenvalue weighted by Crippen LogP contribution is 2.46. The molecule has 0 unspecified atom stereocenters. The zero-order valence-electron chi connectivity index (χ0n) is 11.9. The summed E-state index contributed by atoms with van der Waals surface area (Å²) in [7, 11) is 0. The van der Waals surface area contributed by atoms with Gasteiger partial charge >= 0.3 is 0 Å². The van der Waals surface area contributed by atoms with Crippen LogP contribution < -0.4 is 4.90 Å². The van der Waals surface area contributed by atoms with Gasteiger partial charge in [0.1, 0.15) is 0 Å². The van der Waals surface area contributed by atoms with Crippen LogP contribution in [0.2, 0.25) is 0 Å². The van der Waals surface area contributed by atoms with Gasteiger partial charge < -0.3 is 0 Å². The Kier molecular flexibility index (Phi) is 4.08. The summed E-state index contributed by atoms with van der Waals surface area (Å²) >= 11 is 3.25. The fraction of sp³-hybridized carbons (Fsp3) is 0.118. The number of carbonyl (C=O) groups excluding carboxylic acids is 1. The SMILES string of the molecule is CSC(SC)=C1C(=O)N(c2ccccc2)c2ccccc21. The van der Waals surface area contributed by atoms with E-state index in [0.717, 1.165) is 26.7 Å². The number of amides is 1. The quantitative estimate of drug-likeness (QED) is 0.762. The largest absolute Gasteiger partial charge is 0.276 e. The van der Waals surface area contributed by atoms with Crippen molar-refractivity contribution >= 4 is 46.4 Å². The Hall–Kier alpha value is -1.65. The fourth-order valence-electron chi connectivity index (χ4n) is 2.53. The molecule has 0 saturated heterocycles. The molecule has 0 fully saturated rings. The lowest BCUT2D eigenvalue weighted by molar-refractivity contribution is -0.112. The van der Waals surface area contributed by atoms with Gasteiger partial charge in [-0.15, -0.1) is 23.5 Å². The molecule has 0 bridgehead atoms. The van der Waals surface area contributed by atoms with Crippen LogP contribution in [0.15, 0.2) is 58.8 Å². The lowest BCUT2D eigenvalue weighted by atomic mass is 10.1. The van der Waals surface area contributed by atoms with Crippen molar-refractivity contribution in [2.24, 2.45) is 0 Å². The maximum absolute atomic E-state index is 13.0. The molecule has 0 saturated carbocycles. The number of benzene rings is 2. The number of carbonyl (C=O) groups is 1. The molecule has 21 heavy (non-hydrogen) atoms. The topological polar surface area (TPSA) is 20.3 Å². The van der Waals surface area contributed by atoms with E-state index in [0.29, 0.717) is 0 Å². The molecule has 4 heteroatoms. The predicted molar refractivity (Wildman–Crippen MR) is 94.0 cm³/mol. The molecule has 3 rings (SSSR count). The van der Waals surface area contributed by atoms with E-state index in [2.05, 4.69) is 0 Å². The Morgan fingerprint density at radius 1 is 0.905 bits per heavy atom. The third kappa shape index (κ3) is 2.39. The molecule has 0 aromatic heterocycles. The summed E-state index contributed by atoms with van der Waals surface area (Å²) in [6, 6.07) is 17.8. The molecule has 106 valence electrons. The highest BCUT2D eigenvalue weighted by atomic mass is 32.2. The van der Waals surface area contributed by atoms with Gasteiger partial charge in [0.15, 0.2) is 0 Å². The van der Waals surface area contributed by atoms with Crippen molar-refractivity contribution < 1.29 is 4.79 Å². The summed E-state index contributed by atoms with van der Waals surface area (Å²) in [5, 5.41) is 0. The molecule has 0 radical (unpaired) electrons. The average Bonchev–Trinajstić information content (AvgIpc) is 2.82. The molecular weight excluding hydrogens is 298 g/mol. The van der Waals surface area contributed by atoms with Crippen molar-refractivity contribution in [2.75, 3.05) is 17.4 Å². The first-order valence-corrected chi connectivity index (χ1v) is 9.04. The molecule has 0 aliphatic carbocycles. The average molecular weight is 313 g/mol. The first-order chi connectivity index (χ1) is 10.3. The van der Waals surface area contributed by atoms with Crippen LogP contribution in [0.4, 0.5) is 11.4 Å². The monoisotopic (exact) mass is 313 g/mol. The van der Waals surface area contributed by atoms with Crippen molar-refractivity contribution in [3.8, 4) is 0 Å². The number of thioether (sulfide) groups is 2. The highest BCUT2D eigenvalue weighted by Gasteiger charge is 2.35. The number of fused-ring (bicyclic) bond motifs is 1. The smallest absolute Gasteiger partial charge is 0.265 e. The lowest BCUT2D eigenvalue weighted by Crippen LogP contribution is -2.20. The summed E-state index contributed by atoms with van der Waals surface area (Å²) in [4.78, 5) is 14.8. The van der Waals surface area contributed by atoms with Gasteiger partial charge in [-0.2, -0.15) is 0 Å². The standard InChI is InChI=1S/C17H15NOS2/c1-20-17(21-2)15-13-10-6-7-11-14(13)18(16(15)19)12-8-4-3-5-9-12/h3-11H,1-2H3. The van der Waals surface area contributed by atoms with E-state index in [1.807, 2.05) is 67.1 Å². The zero-order chi connectivity index (χ0) is 14.8. The molecule has 2 aromatic carbocycles. The van der Waals surface area contributed by atoms with Gasteiger partial charge in [0.25, 0.3) is 5.91 Å². The second-order valence-electron chi connectivity index (χ2n) is 4.56. The van der Waals surface area contributed by atoms with Gasteiger partial charge in [0.2, 0.25) is 0 Å². The Morgan fingerprint density at radius 3 is 2.19 bits per heavy atom. The fourth-order valence-corrected chi connectivity index (χ4v) is 4.00. The molecule has 1 heterocycles. The molecule has 2 aromatic rings. The normalized spacial score (nSPS) is 13.5. The molecule has 0 spiro atoms. The Morgan fingerprint density at radius 2 is 1.52 bits per heavy atom. The summed E-state index contributed by atoms with van der Waals surface area (Å²) in [6.45, 7) is 0. The van der Waals surface area contributed by atoms with Crippen LogP contribution in [0.25, 0.3) is 5.57 Å². The van der Waals surface area contributed by atoms with E-state index < -0.39 is 0 Å². The minimum atomic E-state index is 0.0566. The van der Waals surface area contributed by atoms with E-state index in [-0.39, 0.29) is 5.91 Å². The molecule has 2 nitrogen and oxygen atoms in total. The first kappa shape index (κ1) is 14.3. The second kappa shape index (κ2) is 6.00. The molecule has 0 N–H and O–H groups in total. The maximum Gasteiger partial charge on any atom is 0.265 e. The number of rotatable bonds is 3. The minimum absolute atomic E-state index is 0.0566. The number of para-hydroxylation sites is 2. The van der Waals surface area contributed by atoms with Crippen LogP contribution in [0.3, 0.4) is 0 Å². The van der Waals surface area contributed by atoms with Crippen molar-refractivity contribution in [1.29, 1.82) is 0 Å². The van der Waals surface area contributed by atoms with Crippen LogP contribution in [0.5, 0.6) is 0 Å². The minimum Gasteiger partial charge on any atom is -0.276 e. The van der Waals surface area contributed by atoms with Crippen molar-refractivity contribution in [3.05, 3.63) is 64.4 Å². The maximum atomic E-state index is 13.0. The van der Waals surface area contributed by atoms with Gasteiger partial charge in [-0.05, 0) is 30.7 Å². The van der Waals surface area contributed by atoms with Crippen molar-refractivity contribution in [3.63, 3.8) is 0 Å². The van der Waals surface area contributed by atoms with Gasteiger partial charge in [0.05, 0.1) is 15.5 Å². The van der Waals surface area contributed by atoms with Gasteiger partial charge in [-0.25, -0.2) is 0 Å². The Labute approximate surface area is 133 Å². The van der Waals surface area contributed by atoms with E-state index in [4.69, 9.17) is 0 Å². The summed E-state index contributed by atoms with van der Waals surface area (Å²) in [6.07, 6.45) is 4.03. The second-order valence-corrected chi connectivity index (χ2v) is 6.46. The van der Waals surface area contributed by atoms with Gasteiger partial charge in [-0.1, -0.05) is 36.4 Å². The summed E-state index contributed by atoms with van der Waals surface area (Å²) in [5.74, 6) is 0.0566. The third-order valence-electron chi connectivity index (χ3n) is 3.42. The van der Waals surface area contributed by atoms with Crippen LogP contribution in [-0.2, 0) is 4.79 Å². The van der Waals surface area contributed by atoms with Gasteiger partial charge in [0, 0.05) is 11.3 Å². The number of hydrogen-bond donors (Lipinski definition) is 0. The molecular formula is C17H15NOS2. The Bertz CT molecular complexity index is 704. The van der Waals surface area contributed by atoms with E-state index >= 15 is 0 Å². The Balaban J connectivity index is 2.23. The molecule has 1 aliphatic heterocycles. The highest BCUT2D eigenvalue weighted by molar-refractivity contribution is 8.22. The summed E-state index contributed by atoms with van der Waals surface area (Å²) in [5.41, 5.74) is 3.70. The van der Waals surface area contributed by atoms with Crippen LogP contribution in [0.1, 0.15) is 5.56 Å². The first-order valence-electron chi connectivity index (χ1n) is 6.59. The third-order valence-corrected chi connectivity index (χ3v) is 5.57. The van der Waals surface area contributed by atoms with Crippen LogP contribution >= 0.6 is 23.5 Å². The van der Waals surface area contributed by atoms with Crippen LogP contribution in [0, 0.1) is 0 Å².